The zero-order valence-electron chi connectivity index (χ0n) is 15.5. The summed E-state index contributed by atoms with van der Waals surface area (Å²) in [6.45, 7) is 2.02. The van der Waals surface area contributed by atoms with Crippen LogP contribution < -0.4 is 10.2 Å². The van der Waals surface area contributed by atoms with Crippen LogP contribution in [-0.4, -0.2) is 49.3 Å². The van der Waals surface area contributed by atoms with Gasteiger partial charge in [0.2, 0.25) is 5.91 Å². The van der Waals surface area contributed by atoms with Crippen molar-refractivity contribution in [3.8, 4) is 0 Å². The Morgan fingerprint density at radius 3 is 2.93 bits per heavy atom. The molecular weight excluding hydrogens is 449 g/mol. The van der Waals surface area contributed by atoms with Crippen molar-refractivity contribution in [2.75, 3.05) is 29.1 Å². The van der Waals surface area contributed by atoms with E-state index in [1.54, 1.807) is 22.1 Å². The maximum absolute atomic E-state index is 13.2. The fraction of sp³-hybridized carbons (Fsp3) is 0.278. The summed E-state index contributed by atoms with van der Waals surface area (Å²) in [4.78, 5) is 23.6. The minimum Gasteiger partial charge on any atom is -0.348 e. The Bertz CT molecular complexity index is 1250. The number of hydrogen-bond donors (Lipinski definition) is 1. The average molecular weight is 464 g/mol. The van der Waals surface area contributed by atoms with Gasteiger partial charge in [0.15, 0.2) is 21.6 Å². The van der Waals surface area contributed by atoms with Crippen LogP contribution in [0, 0.1) is 5.82 Å². The molecule has 1 aromatic carbocycles. The lowest BCUT2D eigenvalue weighted by Crippen LogP contribution is -2.16. The molecule has 1 aliphatic heterocycles. The van der Waals surface area contributed by atoms with E-state index in [1.165, 1.54) is 42.8 Å². The molecule has 5 rings (SSSR count). The molecule has 0 atom stereocenters. The fourth-order valence-electron chi connectivity index (χ4n) is 3.23. The molecule has 0 bridgehead atoms. The minimum atomic E-state index is -0.534. The van der Waals surface area contributed by atoms with Gasteiger partial charge in [-0.15, -0.1) is 10.2 Å². The zero-order chi connectivity index (χ0) is 20.7. The third-order valence-electron chi connectivity index (χ3n) is 4.67. The second-order valence-electron chi connectivity index (χ2n) is 6.73. The van der Waals surface area contributed by atoms with Crippen molar-refractivity contribution in [2.45, 2.75) is 18.0 Å². The van der Waals surface area contributed by atoms with Gasteiger partial charge in [-0.05, 0) is 31.0 Å². The van der Waals surface area contributed by atoms with Gasteiger partial charge in [0.25, 0.3) is 0 Å². The van der Waals surface area contributed by atoms with E-state index in [4.69, 9.17) is 11.6 Å². The number of amides is 1. The van der Waals surface area contributed by atoms with E-state index in [0.717, 1.165) is 22.9 Å². The summed E-state index contributed by atoms with van der Waals surface area (Å²) in [5.74, 6) is -0.688. The van der Waals surface area contributed by atoms with Crippen LogP contribution in [0.2, 0.25) is 5.02 Å². The monoisotopic (exact) mass is 463 g/mol. The van der Waals surface area contributed by atoms with E-state index >= 15 is 0 Å². The molecule has 154 valence electrons. The molecule has 1 aliphatic rings. The van der Waals surface area contributed by atoms with Gasteiger partial charge in [0.1, 0.15) is 16.8 Å². The Hall–Kier alpha value is -2.50. The molecule has 1 amide bonds. The molecule has 1 fully saturated rings. The third kappa shape index (κ3) is 3.68. The molecule has 4 heterocycles. The van der Waals surface area contributed by atoms with Crippen molar-refractivity contribution >= 4 is 67.4 Å². The Morgan fingerprint density at radius 2 is 2.13 bits per heavy atom. The van der Waals surface area contributed by atoms with Crippen LogP contribution in [0.5, 0.6) is 0 Å². The highest BCUT2D eigenvalue weighted by atomic mass is 35.5. The van der Waals surface area contributed by atoms with Gasteiger partial charge in [-0.3, -0.25) is 9.20 Å². The number of anilines is 2. The Labute approximate surface area is 183 Å². The van der Waals surface area contributed by atoms with Crippen LogP contribution in [0.15, 0.2) is 29.7 Å². The fourth-order valence-corrected chi connectivity index (χ4v) is 5.16. The van der Waals surface area contributed by atoms with Crippen molar-refractivity contribution in [2.24, 2.45) is 0 Å². The Kier molecular flexibility index (Phi) is 5.17. The van der Waals surface area contributed by atoms with E-state index in [0.29, 0.717) is 22.1 Å². The van der Waals surface area contributed by atoms with E-state index in [-0.39, 0.29) is 16.7 Å². The van der Waals surface area contributed by atoms with Gasteiger partial charge < -0.3 is 10.2 Å². The molecule has 0 unspecified atom stereocenters. The smallest absolute Gasteiger partial charge is 0.234 e. The second-order valence-corrected chi connectivity index (χ2v) is 9.06. The third-order valence-corrected chi connectivity index (χ3v) is 7.01. The van der Waals surface area contributed by atoms with Crippen LogP contribution in [0.3, 0.4) is 0 Å². The summed E-state index contributed by atoms with van der Waals surface area (Å²) in [5, 5.41) is 12.6. The SMILES string of the molecule is O=C(CSc1nnc2c3sc(N4CCCC4)nc3ncn12)Nc1ccc(F)c(Cl)c1. The van der Waals surface area contributed by atoms with Crippen LogP contribution in [0.25, 0.3) is 16.0 Å². The first kappa shape index (κ1) is 19.5. The number of nitrogens with zero attached hydrogens (tertiary/aromatic N) is 6. The molecule has 3 aromatic heterocycles. The number of halogens is 2. The number of carbonyl (C=O) groups excluding carboxylic acids is 1. The normalized spacial score (nSPS) is 14.1. The van der Waals surface area contributed by atoms with Crippen molar-refractivity contribution in [1.29, 1.82) is 0 Å². The summed E-state index contributed by atoms with van der Waals surface area (Å²) < 4.78 is 15.9. The lowest BCUT2D eigenvalue weighted by atomic mass is 10.3. The van der Waals surface area contributed by atoms with Crippen LogP contribution in [-0.2, 0) is 4.79 Å². The minimum absolute atomic E-state index is 0.0446. The number of fused-ring (bicyclic) bond motifs is 3. The van der Waals surface area contributed by atoms with Crippen molar-refractivity contribution in [3.05, 3.63) is 35.4 Å². The number of nitrogens with one attached hydrogen (secondary N) is 1. The summed E-state index contributed by atoms with van der Waals surface area (Å²) >= 11 is 8.54. The van der Waals surface area contributed by atoms with E-state index in [1.807, 2.05) is 0 Å². The van der Waals surface area contributed by atoms with E-state index < -0.39 is 5.82 Å². The maximum atomic E-state index is 13.2. The standard InChI is InChI=1S/C18H15ClFN7OS2/c19-11-7-10(3-4-12(11)20)22-13(28)8-29-18-25-24-16-14-15(21-9-27(16)18)23-17(30-14)26-5-1-2-6-26/h3-4,7,9H,1-2,5-6,8H2,(H,22,28). The van der Waals surface area contributed by atoms with Gasteiger partial charge in [0.05, 0.1) is 10.8 Å². The highest BCUT2D eigenvalue weighted by Crippen LogP contribution is 2.32. The average Bonchev–Trinajstić information content (AvgIpc) is 3.47. The maximum Gasteiger partial charge on any atom is 0.234 e. The number of aromatic nitrogens is 5. The molecule has 12 heteroatoms. The number of benzene rings is 1. The lowest BCUT2D eigenvalue weighted by Gasteiger charge is -2.11. The van der Waals surface area contributed by atoms with Gasteiger partial charge >= 0.3 is 0 Å². The number of hydrogen-bond acceptors (Lipinski definition) is 8. The number of thiazole rings is 1. The second kappa shape index (κ2) is 7.97. The largest absolute Gasteiger partial charge is 0.348 e. The number of carbonyl (C=O) groups is 1. The first-order chi connectivity index (χ1) is 14.6. The van der Waals surface area contributed by atoms with Crippen LogP contribution >= 0.6 is 34.7 Å². The summed E-state index contributed by atoms with van der Waals surface area (Å²) in [6, 6.07) is 4.03. The summed E-state index contributed by atoms with van der Waals surface area (Å²) in [6.07, 6.45) is 3.98. The molecule has 1 N–H and O–H groups in total. The number of thioether (sulfide) groups is 1. The van der Waals surface area contributed by atoms with Crippen LogP contribution in [0.1, 0.15) is 12.8 Å². The molecule has 1 saturated heterocycles. The Morgan fingerprint density at radius 1 is 1.30 bits per heavy atom. The van der Waals surface area contributed by atoms with Crippen LogP contribution in [0.4, 0.5) is 15.2 Å². The predicted octanol–water partition coefficient (Wildman–Crippen LogP) is 3.86. The highest BCUT2D eigenvalue weighted by molar-refractivity contribution is 7.99. The number of rotatable bonds is 5. The Balaban J connectivity index is 1.32. The lowest BCUT2D eigenvalue weighted by molar-refractivity contribution is -0.113. The van der Waals surface area contributed by atoms with Gasteiger partial charge in [-0.1, -0.05) is 34.7 Å². The molecule has 4 aromatic rings. The highest BCUT2D eigenvalue weighted by Gasteiger charge is 2.20. The first-order valence-electron chi connectivity index (χ1n) is 9.21. The molecule has 0 radical (unpaired) electrons. The quantitative estimate of drug-likeness (QED) is 0.449. The van der Waals surface area contributed by atoms with E-state index in [9.17, 15) is 9.18 Å². The van der Waals surface area contributed by atoms with Crippen molar-refractivity contribution in [3.63, 3.8) is 0 Å². The van der Waals surface area contributed by atoms with Crippen molar-refractivity contribution < 1.29 is 9.18 Å². The predicted molar refractivity (Wildman–Crippen MR) is 116 cm³/mol. The van der Waals surface area contributed by atoms with Gasteiger partial charge in [0, 0.05) is 18.8 Å². The topological polar surface area (TPSA) is 88.3 Å². The molecule has 0 spiro atoms. The molecule has 0 saturated carbocycles. The first-order valence-corrected chi connectivity index (χ1v) is 11.4. The van der Waals surface area contributed by atoms with Crippen molar-refractivity contribution in [1.82, 2.24) is 24.6 Å². The molecule has 30 heavy (non-hydrogen) atoms. The van der Waals surface area contributed by atoms with Gasteiger partial charge in [-0.25, -0.2) is 9.37 Å². The molecule has 0 aliphatic carbocycles. The summed E-state index contributed by atoms with van der Waals surface area (Å²) in [5.41, 5.74) is 1.76. The van der Waals surface area contributed by atoms with Gasteiger partial charge in [-0.2, -0.15) is 4.98 Å². The molecular formula is C18H15ClFN7OS2. The molecule has 8 nitrogen and oxygen atoms in total. The van der Waals surface area contributed by atoms with E-state index in [2.05, 4.69) is 30.4 Å². The summed E-state index contributed by atoms with van der Waals surface area (Å²) in [7, 11) is 0. The zero-order valence-corrected chi connectivity index (χ0v) is 17.9.